The largest absolute Gasteiger partial charge is 0.478 e. The summed E-state index contributed by atoms with van der Waals surface area (Å²) in [5, 5.41) is 8.42. The molecule has 1 rings (SSSR count). The third-order valence-electron chi connectivity index (χ3n) is 1.77. The zero-order chi connectivity index (χ0) is 14.0. The molecule has 1 N–H and O–H groups in total. The average molecular weight is 274 g/mol. The van der Waals surface area contributed by atoms with Crippen LogP contribution in [0.5, 0.6) is 5.75 Å². The van der Waals surface area contributed by atoms with Crippen LogP contribution in [-0.4, -0.2) is 23.9 Å². The number of benzene rings is 1. The van der Waals surface area contributed by atoms with Gasteiger partial charge >= 0.3 is 12.4 Å². The second-order valence-corrected chi connectivity index (χ2v) is 2.97. The van der Waals surface area contributed by atoms with Gasteiger partial charge in [-0.15, -0.1) is 0 Å². The highest BCUT2D eigenvalue weighted by Gasteiger charge is 2.29. The molecule has 100 valence electrons. The summed E-state index contributed by atoms with van der Waals surface area (Å²) in [4.78, 5) is 10.4. The predicted molar refractivity (Wildman–Crippen MR) is 44.8 cm³/mol. The molecule has 0 aliphatic rings. The summed E-state index contributed by atoms with van der Waals surface area (Å²) in [6, 6.07) is -0.0184. The SMILES string of the molecule is O=C(O)c1cc(F)c(F)c(OC(F)C(F)F)c1F. The van der Waals surface area contributed by atoms with E-state index in [0.29, 0.717) is 0 Å². The maximum absolute atomic E-state index is 13.3. The van der Waals surface area contributed by atoms with Crippen molar-refractivity contribution in [3.63, 3.8) is 0 Å². The quantitative estimate of drug-likeness (QED) is 0.678. The molecule has 1 aromatic rings. The molecule has 0 radical (unpaired) electrons. The van der Waals surface area contributed by atoms with E-state index in [1.165, 1.54) is 0 Å². The summed E-state index contributed by atoms with van der Waals surface area (Å²) in [5.74, 6) is -9.79. The van der Waals surface area contributed by atoms with E-state index in [-0.39, 0.29) is 6.07 Å². The summed E-state index contributed by atoms with van der Waals surface area (Å²) < 4.78 is 78.6. The van der Waals surface area contributed by atoms with Crippen molar-refractivity contribution < 1.29 is 41.0 Å². The molecule has 1 aromatic carbocycles. The Balaban J connectivity index is 3.29. The number of rotatable bonds is 4. The summed E-state index contributed by atoms with van der Waals surface area (Å²) in [6.45, 7) is 0. The minimum Gasteiger partial charge on any atom is -0.478 e. The van der Waals surface area contributed by atoms with Gasteiger partial charge in [-0.2, -0.15) is 8.78 Å². The van der Waals surface area contributed by atoms with E-state index in [4.69, 9.17) is 5.11 Å². The van der Waals surface area contributed by atoms with Gasteiger partial charge in [-0.05, 0) is 6.07 Å². The molecule has 0 saturated carbocycles. The number of carboxylic acid groups (broad SMARTS) is 1. The van der Waals surface area contributed by atoms with E-state index in [9.17, 15) is 31.1 Å². The number of aromatic carboxylic acids is 1. The van der Waals surface area contributed by atoms with Crippen molar-refractivity contribution in [3.8, 4) is 5.75 Å². The van der Waals surface area contributed by atoms with Crippen LogP contribution in [0.25, 0.3) is 0 Å². The second kappa shape index (κ2) is 5.15. The van der Waals surface area contributed by atoms with E-state index >= 15 is 0 Å². The summed E-state index contributed by atoms with van der Waals surface area (Å²) in [5.41, 5.74) is -1.37. The Morgan fingerprint density at radius 1 is 1.17 bits per heavy atom. The third kappa shape index (κ3) is 2.66. The summed E-state index contributed by atoms with van der Waals surface area (Å²) >= 11 is 0. The minimum absolute atomic E-state index is 0.0184. The molecule has 0 bridgehead atoms. The van der Waals surface area contributed by atoms with Crippen molar-refractivity contribution in [1.82, 2.24) is 0 Å². The number of ether oxygens (including phenoxy) is 1. The topological polar surface area (TPSA) is 46.5 Å². The van der Waals surface area contributed by atoms with Crippen molar-refractivity contribution in [2.75, 3.05) is 0 Å². The predicted octanol–water partition coefficient (Wildman–Crippen LogP) is 2.74. The normalized spacial score (nSPS) is 12.6. The average Bonchev–Trinajstić information content (AvgIpc) is 2.28. The first-order valence-corrected chi connectivity index (χ1v) is 4.25. The molecule has 0 amide bonds. The fourth-order valence-electron chi connectivity index (χ4n) is 1.00. The van der Waals surface area contributed by atoms with E-state index in [1.54, 1.807) is 0 Å². The Morgan fingerprint density at radius 2 is 1.72 bits per heavy atom. The van der Waals surface area contributed by atoms with E-state index in [0.717, 1.165) is 0 Å². The minimum atomic E-state index is -3.74. The first kappa shape index (κ1) is 14.1. The fourth-order valence-corrected chi connectivity index (χ4v) is 1.00. The molecule has 0 fully saturated rings. The van der Waals surface area contributed by atoms with Gasteiger partial charge in [0.15, 0.2) is 17.4 Å². The molecule has 0 heterocycles. The zero-order valence-corrected chi connectivity index (χ0v) is 8.26. The first-order chi connectivity index (χ1) is 8.25. The molecular weight excluding hydrogens is 270 g/mol. The van der Waals surface area contributed by atoms with Crippen molar-refractivity contribution in [2.24, 2.45) is 0 Å². The number of hydrogen-bond donors (Lipinski definition) is 1. The molecule has 0 aliphatic heterocycles. The Kier molecular flexibility index (Phi) is 4.04. The number of carboxylic acids is 1. The van der Waals surface area contributed by atoms with Crippen LogP contribution in [0.4, 0.5) is 26.3 Å². The van der Waals surface area contributed by atoms with Gasteiger partial charge in [-0.25, -0.2) is 22.4 Å². The molecule has 0 spiro atoms. The lowest BCUT2D eigenvalue weighted by Gasteiger charge is -2.13. The first-order valence-electron chi connectivity index (χ1n) is 4.25. The molecule has 0 aliphatic carbocycles. The number of alkyl halides is 3. The molecule has 0 saturated heterocycles. The van der Waals surface area contributed by atoms with Crippen molar-refractivity contribution in [1.29, 1.82) is 0 Å². The lowest BCUT2D eigenvalue weighted by molar-refractivity contribution is -0.0704. The molecule has 1 unspecified atom stereocenters. The Bertz CT molecular complexity index is 476. The lowest BCUT2D eigenvalue weighted by atomic mass is 10.2. The van der Waals surface area contributed by atoms with Crippen LogP contribution in [0.3, 0.4) is 0 Å². The van der Waals surface area contributed by atoms with Crippen molar-refractivity contribution in [2.45, 2.75) is 12.8 Å². The van der Waals surface area contributed by atoms with Crippen molar-refractivity contribution >= 4 is 5.97 Å². The molecule has 3 nitrogen and oxygen atoms in total. The Morgan fingerprint density at radius 3 is 2.17 bits per heavy atom. The summed E-state index contributed by atoms with van der Waals surface area (Å²) in [6.07, 6.45) is -7.15. The monoisotopic (exact) mass is 274 g/mol. The van der Waals surface area contributed by atoms with Gasteiger partial charge < -0.3 is 9.84 Å². The van der Waals surface area contributed by atoms with Gasteiger partial charge in [0.05, 0.1) is 0 Å². The molecule has 0 aromatic heterocycles. The van der Waals surface area contributed by atoms with Crippen LogP contribution in [0.2, 0.25) is 0 Å². The molecule has 18 heavy (non-hydrogen) atoms. The highest BCUT2D eigenvalue weighted by Crippen LogP contribution is 2.29. The van der Waals surface area contributed by atoms with E-state index < -0.39 is 47.5 Å². The number of carbonyl (C=O) groups is 1. The van der Waals surface area contributed by atoms with E-state index in [2.05, 4.69) is 4.74 Å². The summed E-state index contributed by atoms with van der Waals surface area (Å²) in [7, 11) is 0. The van der Waals surface area contributed by atoms with Crippen LogP contribution < -0.4 is 4.74 Å². The maximum Gasteiger partial charge on any atom is 0.338 e. The smallest absolute Gasteiger partial charge is 0.338 e. The highest BCUT2D eigenvalue weighted by atomic mass is 19.3. The third-order valence-corrected chi connectivity index (χ3v) is 1.77. The second-order valence-electron chi connectivity index (χ2n) is 2.97. The number of halogens is 6. The fraction of sp³-hybridized carbons (Fsp3) is 0.222. The van der Waals surface area contributed by atoms with Gasteiger partial charge in [0.25, 0.3) is 6.36 Å². The van der Waals surface area contributed by atoms with Crippen LogP contribution >= 0.6 is 0 Å². The van der Waals surface area contributed by atoms with Crippen LogP contribution in [0.1, 0.15) is 10.4 Å². The van der Waals surface area contributed by atoms with Gasteiger partial charge in [-0.3, -0.25) is 0 Å². The standard InChI is InChI=1S/C9H4F6O3/c10-3-1-2(9(16)17)4(11)6(5(3)12)18-8(15)7(13)14/h1,7-8H,(H,16,17). The van der Waals surface area contributed by atoms with Crippen LogP contribution in [-0.2, 0) is 0 Å². The van der Waals surface area contributed by atoms with E-state index in [1.807, 2.05) is 0 Å². The zero-order valence-electron chi connectivity index (χ0n) is 8.26. The van der Waals surface area contributed by atoms with Crippen molar-refractivity contribution in [3.05, 3.63) is 29.1 Å². The van der Waals surface area contributed by atoms with Gasteiger partial charge in [0.2, 0.25) is 5.82 Å². The molecular formula is C9H4F6O3. The lowest BCUT2D eigenvalue weighted by Crippen LogP contribution is -2.21. The molecule has 1 atom stereocenters. The number of hydrogen-bond acceptors (Lipinski definition) is 2. The Labute approximate surface area is 95.6 Å². The van der Waals surface area contributed by atoms with Crippen LogP contribution in [0, 0.1) is 17.5 Å². The maximum atomic E-state index is 13.3. The van der Waals surface area contributed by atoms with Crippen LogP contribution in [0.15, 0.2) is 6.07 Å². The highest BCUT2D eigenvalue weighted by molar-refractivity contribution is 5.88. The van der Waals surface area contributed by atoms with Gasteiger partial charge in [0.1, 0.15) is 5.56 Å². The Hall–Kier alpha value is -1.93. The van der Waals surface area contributed by atoms with Gasteiger partial charge in [-0.1, -0.05) is 0 Å². The molecule has 9 heteroatoms. The van der Waals surface area contributed by atoms with Gasteiger partial charge in [0, 0.05) is 0 Å².